The summed E-state index contributed by atoms with van der Waals surface area (Å²) in [7, 11) is 0. The number of benzene rings is 1. The standard InChI is InChI=1S/C19H10ClF2N6O/c20-12-2-3-17(29-19(21)22)16(6-12)28-15-7-14(24-8-11(15)9-26-28)13-10-25-27-5-1-4-23-18(13)27/h1-8,10,19H. The molecule has 0 N–H and O–H groups in total. The van der Waals surface area contributed by atoms with Crippen LogP contribution in [0.25, 0.3) is 33.5 Å². The molecular weight excluding hydrogens is 402 g/mol. The normalized spacial score (nSPS) is 11.6. The second-order valence-electron chi connectivity index (χ2n) is 6.05. The van der Waals surface area contributed by atoms with Gasteiger partial charge in [-0.05, 0) is 30.3 Å². The minimum atomic E-state index is -2.98. The molecule has 0 aliphatic heterocycles. The molecule has 143 valence electrons. The van der Waals surface area contributed by atoms with E-state index in [9.17, 15) is 8.78 Å². The number of aromatic nitrogens is 6. The molecule has 0 aliphatic rings. The van der Waals surface area contributed by atoms with Crippen LogP contribution >= 0.6 is 11.6 Å². The van der Waals surface area contributed by atoms with Gasteiger partial charge in [-0.1, -0.05) is 11.6 Å². The van der Waals surface area contributed by atoms with E-state index in [4.69, 9.17) is 11.6 Å². The number of hydrogen-bond donors (Lipinski definition) is 0. The first kappa shape index (κ1) is 17.5. The molecule has 0 spiro atoms. The molecule has 0 fully saturated rings. The molecule has 1 aromatic carbocycles. The Morgan fingerprint density at radius 1 is 1.14 bits per heavy atom. The Bertz CT molecular complexity index is 1350. The molecule has 0 saturated heterocycles. The highest BCUT2D eigenvalue weighted by Crippen LogP contribution is 2.31. The second kappa shape index (κ2) is 6.78. The van der Waals surface area contributed by atoms with Crippen LogP contribution in [0.4, 0.5) is 8.78 Å². The Morgan fingerprint density at radius 3 is 2.90 bits per heavy atom. The summed E-state index contributed by atoms with van der Waals surface area (Å²) in [5.74, 6) is -0.0567. The number of rotatable bonds is 4. The number of fused-ring (bicyclic) bond motifs is 2. The molecule has 0 saturated carbocycles. The molecule has 0 bridgehead atoms. The van der Waals surface area contributed by atoms with E-state index in [-0.39, 0.29) is 11.4 Å². The van der Waals surface area contributed by atoms with Gasteiger partial charge in [-0.2, -0.15) is 19.0 Å². The third-order valence-corrected chi connectivity index (χ3v) is 4.54. The van der Waals surface area contributed by atoms with Gasteiger partial charge in [0, 0.05) is 29.0 Å². The van der Waals surface area contributed by atoms with E-state index >= 15 is 0 Å². The van der Waals surface area contributed by atoms with Crippen LogP contribution in [-0.2, 0) is 0 Å². The van der Waals surface area contributed by atoms with Crippen molar-refractivity contribution < 1.29 is 13.5 Å². The van der Waals surface area contributed by atoms with E-state index in [0.29, 0.717) is 27.3 Å². The first-order valence-corrected chi connectivity index (χ1v) is 8.78. The van der Waals surface area contributed by atoms with Gasteiger partial charge in [-0.15, -0.1) is 0 Å². The van der Waals surface area contributed by atoms with Gasteiger partial charge in [0.25, 0.3) is 0 Å². The topological polar surface area (TPSA) is 70.1 Å². The Hall–Kier alpha value is -3.59. The van der Waals surface area contributed by atoms with Crippen LogP contribution in [0.1, 0.15) is 0 Å². The predicted molar refractivity (Wildman–Crippen MR) is 101 cm³/mol. The molecule has 4 aromatic heterocycles. The molecule has 1 radical (unpaired) electrons. The SMILES string of the molecule is FC(F)Oc1ccc(Cl)cc1-n1n[c]c2cnc(-c3cnn4cccnc34)cc21. The lowest BCUT2D eigenvalue weighted by Gasteiger charge is -2.12. The lowest BCUT2D eigenvalue weighted by atomic mass is 10.2. The number of nitrogens with zero attached hydrogens (tertiary/aromatic N) is 6. The van der Waals surface area contributed by atoms with Crippen LogP contribution in [0.2, 0.25) is 5.02 Å². The smallest absolute Gasteiger partial charge is 0.387 e. The van der Waals surface area contributed by atoms with Crippen molar-refractivity contribution in [3.8, 4) is 22.7 Å². The minimum Gasteiger partial charge on any atom is -0.433 e. The minimum absolute atomic E-state index is 0.0567. The Morgan fingerprint density at radius 2 is 2.03 bits per heavy atom. The van der Waals surface area contributed by atoms with Gasteiger partial charge >= 0.3 is 6.61 Å². The van der Waals surface area contributed by atoms with Crippen molar-refractivity contribution in [2.24, 2.45) is 0 Å². The van der Waals surface area contributed by atoms with E-state index in [1.165, 1.54) is 22.9 Å². The van der Waals surface area contributed by atoms with Crippen molar-refractivity contribution in [2.75, 3.05) is 0 Å². The first-order chi connectivity index (χ1) is 14.1. The number of pyridine rings is 1. The highest BCUT2D eigenvalue weighted by Gasteiger charge is 2.17. The lowest BCUT2D eigenvalue weighted by Crippen LogP contribution is -2.06. The molecule has 5 aromatic rings. The third-order valence-electron chi connectivity index (χ3n) is 4.30. The molecule has 7 nitrogen and oxygen atoms in total. The molecule has 10 heteroatoms. The maximum atomic E-state index is 12.8. The summed E-state index contributed by atoms with van der Waals surface area (Å²) in [6, 6.07) is 7.87. The number of hydrogen-bond acceptors (Lipinski definition) is 5. The number of alkyl halides is 2. The Kier molecular flexibility index (Phi) is 4.09. The second-order valence-corrected chi connectivity index (χ2v) is 6.48. The fourth-order valence-electron chi connectivity index (χ4n) is 3.05. The summed E-state index contributed by atoms with van der Waals surface area (Å²) < 4.78 is 33.4. The van der Waals surface area contributed by atoms with E-state index in [1.54, 1.807) is 41.4 Å². The maximum Gasteiger partial charge on any atom is 0.387 e. The molecule has 0 atom stereocenters. The summed E-state index contributed by atoms with van der Waals surface area (Å²) >= 11 is 6.07. The molecule has 29 heavy (non-hydrogen) atoms. The summed E-state index contributed by atoms with van der Waals surface area (Å²) in [6.07, 6.45) is 9.52. The van der Waals surface area contributed by atoms with Crippen molar-refractivity contribution in [3.63, 3.8) is 0 Å². The zero-order valence-electron chi connectivity index (χ0n) is 14.5. The van der Waals surface area contributed by atoms with Crippen molar-refractivity contribution in [1.29, 1.82) is 0 Å². The Labute approximate surface area is 167 Å². The molecule has 5 rings (SSSR count). The van der Waals surface area contributed by atoms with Crippen molar-refractivity contribution in [1.82, 2.24) is 29.4 Å². The molecule has 0 unspecified atom stereocenters. The quantitative estimate of drug-likeness (QED) is 0.443. The van der Waals surface area contributed by atoms with E-state index in [0.717, 1.165) is 5.56 Å². The number of halogens is 3. The van der Waals surface area contributed by atoms with Gasteiger partial charge < -0.3 is 4.74 Å². The predicted octanol–water partition coefficient (Wildman–Crippen LogP) is 4.19. The van der Waals surface area contributed by atoms with Crippen molar-refractivity contribution >= 4 is 28.2 Å². The van der Waals surface area contributed by atoms with Gasteiger partial charge in [-0.25, -0.2) is 14.2 Å². The monoisotopic (exact) mass is 411 g/mol. The average Bonchev–Trinajstić information content (AvgIpc) is 3.32. The fourth-order valence-corrected chi connectivity index (χ4v) is 3.22. The van der Waals surface area contributed by atoms with Crippen LogP contribution in [0.3, 0.4) is 0 Å². The van der Waals surface area contributed by atoms with Gasteiger partial charge in [0.2, 0.25) is 0 Å². The largest absolute Gasteiger partial charge is 0.433 e. The molecule has 0 amide bonds. The molecule has 0 aliphatic carbocycles. The highest BCUT2D eigenvalue weighted by molar-refractivity contribution is 6.30. The van der Waals surface area contributed by atoms with Gasteiger partial charge in [0.1, 0.15) is 11.9 Å². The van der Waals surface area contributed by atoms with Gasteiger partial charge in [0.05, 0.1) is 23.0 Å². The van der Waals surface area contributed by atoms with Crippen LogP contribution < -0.4 is 4.74 Å². The fraction of sp³-hybridized carbons (Fsp3) is 0.0526. The summed E-state index contributed by atoms with van der Waals surface area (Å²) in [5.41, 5.74) is 2.81. The van der Waals surface area contributed by atoms with E-state index in [2.05, 4.69) is 31.1 Å². The highest BCUT2D eigenvalue weighted by atomic mass is 35.5. The zero-order valence-corrected chi connectivity index (χ0v) is 15.3. The molecule has 4 heterocycles. The summed E-state index contributed by atoms with van der Waals surface area (Å²) in [6.45, 7) is -2.98. The van der Waals surface area contributed by atoms with Crippen LogP contribution in [0, 0.1) is 6.20 Å². The van der Waals surface area contributed by atoms with Gasteiger partial charge in [-0.3, -0.25) is 4.98 Å². The third kappa shape index (κ3) is 3.05. The van der Waals surface area contributed by atoms with Crippen molar-refractivity contribution in [2.45, 2.75) is 6.61 Å². The first-order valence-electron chi connectivity index (χ1n) is 8.40. The summed E-state index contributed by atoms with van der Waals surface area (Å²) in [5, 5.41) is 9.41. The van der Waals surface area contributed by atoms with Crippen LogP contribution in [0.15, 0.2) is 55.1 Å². The maximum absolute atomic E-state index is 12.8. The zero-order chi connectivity index (χ0) is 20.0. The van der Waals surface area contributed by atoms with Crippen LogP contribution in [0.5, 0.6) is 5.75 Å². The summed E-state index contributed by atoms with van der Waals surface area (Å²) in [4.78, 5) is 8.77. The van der Waals surface area contributed by atoms with Crippen molar-refractivity contribution in [3.05, 3.63) is 66.3 Å². The average molecular weight is 412 g/mol. The Balaban J connectivity index is 1.70. The number of ether oxygens (including phenoxy) is 1. The lowest BCUT2D eigenvalue weighted by molar-refractivity contribution is -0.0498. The van der Waals surface area contributed by atoms with Gasteiger partial charge in [0.15, 0.2) is 11.4 Å². The van der Waals surface area contributed by atoms with E-state index in [1.807, 2.05) is 0 Å². The van der Waals surface area contributed by atoms with E-state index < -0.39 is 6.61 Å². The van der Waals surface area contributed by atoms with Crippen LogP contribution in [-0.4, -0.2) is 36.0 Å². The molecular formula is C19H10ClF2N6O.